The number of ether oxygens (including phenoxy) is 2. The smallest absolute Gasteiger partial charge is 0.410 e. The summed E-state index contributed by atoms with van der Waals surface area (Å²) in [6, 6.07) is 3.35. The van der Waals surface area contributed by atoms with Crippen LogP contribution >= 0.6 is 11.6 Å². The Labute approximate surface area is 158 Å². The molecule has 7 nitrogen and oxygen atoms in total. The minimum atomic E-state index is -0.237. The molecule has 3 heterocycles. The molecule has 0 bridgehead atoms. The van der Waals surface area contributed by atoms with Gasteiger partial charge in [-0.25, -0.2) is 9.78 Å². The van der Waals surface area contributed by atoms with Gasteiger partial charge in [-0.2, -0.15) is 0 Å². The van der Waals surface area contributed by atoms with Crippen LogP contribution in [-0.2, 0) is 4.74 Å². The summed E-state index contributed by atoms with van der Waals surface area (Å²) < 4.78 is 10.3. The Kier molecular flexibility index (Phi) is 5.55. The lowest BCUT2D eigenvalue weighted by atomic mass is 9.97. The number of aromatic nitrogens is 1. The Morgan fingerprint density at radius 3 is 2.65 bits per heavy atom. The fourth-order valence-corrected chi connectivity index (χ4v) is 3.81. The van der Waals surface area contributed by atoms with Gasteiger partial charge in [-0.15, -0.1) is 0 Å². The van der Waals surface area contributed by atoms with Crippen LogP contribution in [0.15, 0.2) is 12.1 Å². The van der Waals surface area contributed by atoms with Gasteiger partial charge in [0.15, 0.2) is 0 Å². The van der Waals surface area contributed by atoms with Gasteiger partial charge in [-0.1, -0.05) is 25.4 Å². The van der Waals surface area contributed by atoms with Crippen LogP contribution in [0.3, 0.4) is 0 Å². The predicted molar refractivity (Wildman–Crippen MR) is 96.5 cm³/mol. The molecule has 0 spiro atoms. The number of rotatable bonds is 4. The van der Waals surface area contributed by atoms with Crippen molar-refractivity contribution in [3.05, 3.63) is 22.8 Å². The molecule has 2 aliphatic rings. The maximum absolute atomic E-state index is 12.8. The number of amides is 2. The van der Waals surface area contributed by atoms with Crippen LogP contribution in [0.4, 0.5) is 4.79 Å². The van der Waals surface area contributed by atoms with Gasteiger partial charge in [0.2, 0.25) is 5.88 Å². The van der Waals surface area contributed by atoms with Gasteiger partial charge in [-0.05, 0) is 24.8 Å². The van der Waals surface area contributed by atoms with Crippen molar-refractivity contribution in [3.8, 4) is 5.88 Å². The molecule has 8 heteroatoms. The summed E-state index contributed by atoms with van der Waals surface area (Å²) in [4.78, 5) is 32.5. The third-order valence-electron chi connectivity index (χ3n) is 5.09. The SMILES string of the molecule is COc1cc(C(=O)N2CCC(N3C(=O)OCC3C(C)C)CC2)cc(Cl)n1. The first-order valence-corrected chi connectivity index (χ1v) is 9.24. The minimum absolute atomic E-state index is 0.101. The fraction of sp³-hybridized carbons (Fsp3) is 0.611. The molecule has 26 heavy (non-hydrogen) atoms. The van der Waals surface area contributed by atoms with Crippen LogP contribution in [0.5, 0.6) is 5.88 Å². The molecular weight excluding hydrogens is 358 g/mol. The van der Waals surface area contributed by atoms with Gasteiger partial charge in [-0.3, -0.25) is 9.69 Å². The number of nitrogens with zero attached hydrogens (tertiary/aromatic N) is 3. The Hall–Kier alpha value is -2.02. The normalized spacial score (nSPS) is 21.3. The summed E-state index contributed by atoms with van der Waals surface area (Å²) in [5.74, 6) is 0.554. The maximum atomic E-state index is 12.8. The molecule has 2 fully saturated rings. The molecule has 3 rings (SSSR count). The van der Waals surface area contributed by atoms with E-state index in [4.69, 9.17) is 21.1 Å². The fourth-order valence-electron chi connectivity index (χ4n) is 3.61. The van der Waals surface area contributed by atoms with E-state index < -0.39 is 0 Å². The van der Waals surface area contributed by atoms with Crippen LogP contribution in [0.2, 0.25) is 5.15 Å². The number of piperidine rings is 1. The van der Waals surface area contributed by atoms with E-state index in [2.05, 4.69) is 18.8 Å². The first kappa shape index (κ1) is 18.8. The van der Waals surface area contributed by atoms with E-state index in [-0.39, 0.29) is 29.2 Å². The molecular formula is C18H24ClN3O4. The van der Waals surface area contributed by atoms with Crippen molar-refractivity contribution in [1.29, 1.82) is 0 Å². The highest BCUT2D eigenvalue weighted by atomic mass is 35.5. The molecule has 0 N–H and O–H groups in total. The van der Waals surface area contributed by atoms with Crippen LogP contribution in [0.1, 0.15) is 37.0 Å². The lowest BCUT2D eigenvalue weighted by Gasteiger charge is -2.38. The first-order chi connectivity index (χ1) is 12.4. The molecule has 0 aromatic carbocycles. The van der Waals surface area contributed by atoms with Gasteiger partial charge in [0.1, 0.15) is 11.8 Å². The van der Waals surface area contributed by atoms with E-state index in [9.17, 15) is 9.59 Å². The zero-order valence-electron chi connectivity index (χ0n) is 15.3. The quantitative estimate of drug-likeness (QED) is 0.750. The van der Waals surface area contributed by atoms with Crippen LogP contribution in [-0.4, -0.2) is 65.7 Å². The standard InChI is InChI=1S/C18H24ClN3O4/c1-11(2)14-10-26-18(24)22(14)13-4-6-21(7-5-13)17(23)12-8-15(19)20-16(9-12)25-3/h8-9,11,13-14H,4-7,10H2,1-3H3. The molecule has 0 saturated carbocycles. The van der Waals surface area contributed by atoms with Crippen molar-refractivity contribution >= 4 is 23.6 Å². The van der Waals surface area contributed by atoms with E-state index in [1.165, 1.54) is 7.11 Å². The number of hydrogen-bond donors (Lipinski definition) is 0. The van der Waals surface area contributed by atoms with Crippen LogP contribution in [0, 0.1) is 5.92 Å². The molecule has 1 unspecified atom stereocenters. The maximum Gasteiger partial charge on any atom is 0.410 e. The summed E-state index contributed by atoms with van der Waals surface area (Å²) in [5, 5.41) is 0.224. The Morgan fingerprint density at radius 1 is 1.35 bits per heavy atom. The predicted octanol–water partition coefficient (Wildman–Crippen LogP) is 2.83. The number of carbonyl (C=O) groups is 2. The first-order valence-electron chi connectivity index (χ1n) is 8.86. The van der Waals surface area contributed by atoms with Crippen LogP contribution < -0.4 is 4.74 Å². The van der Waals surface area contributed by atoms with Gasteiger partial charge >= 0.3 is 6.09 Å². The number of likely N-dealkylation sites (tertiary alicyclic amines) is 1. The highest BCUT2D eigenvalue weighted by Gasteiger charge is 2.41. The Balaban J connectivity index is 1.66. The summed E-state index contributed by atoms with van der Waals surface area (Å²) in [7, 11) is 1.48. The van der Waals surface area contributed by atoms with Gasteiger partial charge in [0.05, 0.1) is 13.2 Å². The van der Waals surface area contributed by atoms with E-state index in [0.29, 0.717) is 37.1 Å². The third-order valence-corrected chi connectivity index (χ3v) is 5.28. The second-order valence-corrected chi connectivity index (χ2v) is 7.43. The monoisotopic (exact) mass is 381 g/mol. The largest absolute Gasteiger partial charge is 0.481 e. The molecule has 1 atom stereocenters. The average Bonchev–Trinajstić information content (AvgIpc) is 3.02. The molecule has 0 aliphatic carbocycles. The van der Waals surface area contributed by atoms with Gasteiger partial charge < -0.3 is 14.4 Å². The summed E-state index contributed by atoms with van der Waals surface area (Å²) in [6.45, 7) is 5.81. The molecule has 0 radical (unpaired) electrons. The van der Waals surface area contributed by atoms with E-state index in [1.54, 1.807) is 17.0 Å². The third kappa shape index (κ3) is 3.72. The topological polar surface area (TPSA) is 72.0 Å². The molecule has 1 aromatic heterocycles. The van der Waals surface area contributed by atoms with E-state index >= 15 is 0 Å². The van der Waals surface area contributed by atoms with Crippen molar-refractivity contribution in [1.82, 2.24) is 14.8 Å². The zero-order valence-corrected chi connectivity index (χ0v) is 16.0. The molecule has 2 amide bonds. The average molecular weight is 382 g/mol. The van der Waals surface area contributed by atoms with Gasteiger partial charge in [0.25, 0.3) is 5.91 Å². The highest BCUT2D eigenvalue weighted by Crippen LogP contribution is 2.28. The highest BCUT2D eigenvalue weighted by molar-refractivity contribution is 6.29. The lowest BCUT2D eigenvalue weighted by molar-refractivity contribution is 0.0619. The van der Waals surface area contributed by atoms with Crippen molar-refractivity contribution in [2.75, 3.05) is 26.8 Å². The van der Waals surface area contributed by atoms with Gasteiger partial charge in [0, 0.05) is 30.8 Å². The molecule has 2 saturated heterocycles. The number of hydrogen-bond acceptors (Lipinski definition) is 5. The van der Waals surface area contributed by atoms with Crippen LogP contribution in [0.25, 0.3) is 0 Å². The van der Waals surface area contributed by atoms with Crippen molar-refractivity contribution in [2.45, 2.75) is 38.8 Å². The zero-order chi connectivity index (χ0) is 18.8. The van der Waals surface area contributed by atoms with Crippen molar-refractivity contribution in [3.63, 3.8) is 0 Å². The Bertz CT molecular complexity index is 689. The number of methoxy groups -OCH3 is 1. The molecule has 1 aromatic rings. The molecule has 142 valence electrons. The second kappa shape index (κ2) is 7.70. The van der Waals surface area contributed by atoms with Crippen molar-refractivity contribution in [2.24, 2.45) is 5.92 Å². The number of pyridine rings is 1. The molecule has 2 aliphatic heterocycles. The van der Waals surface area contributed by atoms with E-state index in [1.807, 2.05) is 4.90 Å². The summed E-state index contributed by atoms with van der Waals surface area (Å²) >= 11 is 5.96. The minimum Gasteiger partial charge on any atom is -0.481 e. The lowest BCUT2D eigenvalue weighted by Crippen LogP contribution is -2.50. The number of halogens is 1. The summed E-state index contributed by atoms with van der Waals surface area (Å²) in [5.41, 5.74) is 0.459. The number of carbonyl (C=O) groups excluding carboxylic acids is 2. The van der Waals surface area contributed by atoms with Crippen molar-refractivity contribution < 1.29 is 19.1 Å². The van der Waals surface area contributed by atoms with E-state index in [0.717, 1.165) is 12.8 Å². The Morgan fingerprint density at radius 2 is 2.04 bits per heavy atom. The second-order valence-electron chi connectivity index (χ2n) is 7.04. The summed E-state index contributed by atoms with van der Waals surface area (Å²) in [6.07, 6.45) is 1.24. The number of cyclic esters (lactones) is 1.